The summed E-state index contributed by atoms with van der Waals surface area (Å²) in [6, 6.07) is 0.158. The van der Waals surface area contributed by atoms with Crippen LogP contribution in [0.5, 0.6) is 0 Å². The van der Waals surface area contributed by atoms with Crippen molar-refractivity contribution in [3.05, 3.63) is 0 Å². The molecule has 0 aromatic heterocycles. The Kier molecular flexibility index (Phi) is 4.79. The van der Waals surface area contributed by atoms with Crippen LogP contribution in [0.4, 0.5) is 0 Å². The van der Waals surface area contributed by atoms with Gasteiger partial charge in [0, 0.05) is 41.1 Å². The van der Waals surface area contributed by atoms with E-state index in [9.17, 15) is 4.21 Å². The molecule has 1 aliphatic heterocycles. The van der Waals surface area contributed by atoms with Crippen molar-refractivity contribution in [3.63, 3.8) is 0 Å². The topological polar surface area (TPSA) is 52.3 Å². The van der Waals surface area contributed by atoms with Gasteiger partial charge in [0.25, 0.3) is 0 Å². The van der Waals surface area contributed by atoms with Crippen molar-refractivity contribution in [2.75, 3.05) is 19.0 Å². The Morgan fingerprint density at radius 1 is 1.19 bits per heavy atom. The molecule has 2 aliphatic rings. The molecule has 0 aromatic rings. The minimum Gasteiger partial charge on any atom is -0.381 e. The number of nitrogens with two attached hydrogens (primary N) is 1. The molecule has 1 saturated carbocycles. The third-order valence-corrected chi connectivity index (χ3v) is 5.83. The van der Waals surface area contributed by atoms with Crippen LogP contribution in [-0.2, 0) is 15.5 Å². The minimum atomic E-state index is -0.738. The van der Waals surface area contributed by atoms with Crippen molar-refractivity contribution < 1.29 is 8.95 Å². The standard InChI is InChI=1S/C12H23NO2S/c13-12(10-3-1-2-4-10)9-16(14)11-5-7-15-8-6-11/h10-12H,1-9,13H2. The predicted octanol–water partition coefficient (Wildman–Crippen LogP) is 1.43. The highest BCUT2D eigenvalue weighted by Gasteiger charge is 2.27. The fourth-order valence-corrected chi connectivity index (χ4v) is 4.43. The maximum atomic E-state index is 12.1. The lowest BCUT2D eigenvalue weighted by Gasteiger charge is -2.24. The molecule has 2 atom stereocenters. The van der Waals surface area contributed by atoms with Crippen LogP contribution in [0.3, 0.4) is 0 Å². The van der Waals surface area contributed by atoms with Crippen LogP contribution < -0.4 is 5.73 Å². The van der Waals surface area contributed by atoms with E-state index in [2.05, 4.69) is 0 Å². The van der Waals surface area contributed by atoms with Gasteiger partial charge >= 0.3 is 0 Å². The maximum Gasteiger partial charge on any atom is 0.0477 e. The molecule has 4 heteroatoms. The maximum absolute atomic E-state index is 12.1. The quantitative estimate of drug-likeness (QED) is 0.815. The van der Waals surface area contributed by atoms with Gasteiger partial charge in [-0.25, -0.2) is 0 Å². The van der Waals surface area contributed by atoms with E-state index in [-0.39, 0.29) is 6.04 Å². The predicted molar refractivity (Wildman–Crippen MR) is 66.8 cm³/mol. The van der Waals surface area contributed by atoms with E-state index in [1.54, 1.807) is 0 Å². The van der Waals surface area contributed by atoms with Crippen molar-refractivity contribution in [1.29, 1.82) is 0 Å². The fraction of sp³-hybridized carbons (Fsp3) is 1.00. The zero-order valence-electron chi connectivity index (χ0n) is 9.90. The average Bonchev–Trinajstić information content (AvgIpc) is 2.83. The molecule has 2 fully saturated rings. The lowest BCUT2D eigenvalue weighted by molar-refractivity contribution is 0.0991. The molecule has 16 heavy (non-hydrogen) atoms. The van der Waals surface area contributed by atoms with E-state index in [1.807, 2.05) is 0 Å². The Hall–Kier alpha value is 0.0700. The monoisotopic (exact) mass is 245 g/mol. The van der Waals surface area contributed by atoms with Crippen LogP contribution in [0.25, 0.3) is 0 Å². The number of hydrogen-bond donors (Lipinski definition) is 1. The summed E-state index contributed by atoms with van der Waals surface area (Å²) in [4.78, 5) is 0. The Labute approximate surface area is 101 Å². The van der Waals surface area contributed by atoms with Gasteiger partial charge in [0.15, 0.2) is 0 Å². The van der Waals surface area contributed by atoms with Gasteiger partial charge in [-0.2, -0.15) is 0 Å². The third-order valence-electron chi connectivity index (χ3n) is 3.90. The summed E-state index contributed by atoms with van der Waals surface area (Å²) in [5.41, 5.74) is 6.16. The first kappa shape index (κ1) is 12.5. The zero-order valence-corrected chi connectivity index (χ0v) is 10.7. The highest BCUT2D eigenvalue weighted by atomic mass is 32.2. The van der Waals surface area contributed by atoms with Gasteiger partial charge in [0.2, 0.25) is 0 Å². The minimum absolute atomic E-state index is 0.158. The van der Waals surface area contributed by atoms with Gasteiger partial charge in [-0.3, -0.25) is 4.21 Å². The normalized spacial score (nSPS) is 28.1. The number of rotatable bonds is 4. The summed E-state index contributed by atoms with van der Waals surface area (Å²) in [5.74, 6) is 1.33. The van der Waals surface area contributed by atoms with Gasteiger partial charge in [-0.1, -0.05) is 12.8 Å². The van der Waals surface area contributed by atoms with Crippen LogP contribution in [0.2, 0.25) is 0 Å². The molecule has 0 bridgehead atoms. The second-order valence-corrected chi connectivity index (χ2v) is 6.83. The molecule has 2 N–H and O–H groups in total. The summed E-state index contributed by atoms with van der Waals surface area (Å²) in [5, 5.41) is 0.334. The number of ether oxygens (including phenoxy) is 1. The molecule has 0 amide bonds. The lowest BCUT2D eigenvalue weighted by atomic mass is 10.0. The molecule has 1 heterocycles. The summed E-state index contributed by atoms with van der Waals surface area (Å²) in [7, 11) is -0.738. The second-order valence-electron chi connectivity index (χ2n) is 5.07. The van der Waals surface area contributed by atoms with E-state index >= 15 is 0 Å². The molecule has 94 valence electrons. The molecule has 1 saturated heterocycles. The molecule has 2 rings (SSSR count). The first-order chi connectivity index (χ1) is 7.77. The molecule has 3 nitrogen and oxygen atoms in total. The summed E-state index contributed by atoms with van der Waals surface area (Å²) < 4.78 is 17.4. The summed E-state index contributed by atoms with van der Waals surface area (Å²) in [6.45, 7) is 1.55. The Morgan fingerprint density at radius 2 is 1.81 bits per heavy atom. The van der Waals surface area contributed by atoms with E-state index in [0.717, 1.165) is 26.1 Å². The van der Waals surface area contributed by atoms with Gasteiger partial charge in [-0.05, 0) is 31.6 Å². The highest BCUT2D eigenvalue weighted by Crippen LogP contribution is 2.27. The van der Waals surface area contributed by atoms with E-state index < -0.39 is 10.8 Å². The van der Waals surface area contributed by atoms with E-state index in [1.165, 1.54) is 25.7 Å². The van der Waals surface area contributed by atoms with Crippen LogP contribution in [0, 0.1) is 5.92 Å². The first-order valence-electron chi connectivity index (χ1n) is 6.48. The second kappa shape index (κ2) is 6.12. The SMILES string of the molecule is NC(CS(=O)C1CCOCC1)C1CCCC1. The highest BCUT2D eigenvalue weighted by molar-refractivity contribution is 7.85. The van der Waals surface area contributed by atoms with Gasteiger partial charge in [0.05, 0.1) is 0 Å². The van der Waals surface area contributed by atoms with Crippen molar-refractivity contribution in [2.24, 2.45) is 11.7 Å². The Bertz CT molecular complexity index is 235. The van der Waals surface area contributed by atoms with Crippen molar-refractivity contribution in [3.8, 4) is 0 Å². The summed E-state index contributed by atoms with van der Waals surface area (Å²) in [6.07, 6.45) is 7.00. The van der Waals surface area contributed by atoms with Gasteiger partial charge in [-0.15, -0.1) is 0 Å². The summed E-state index contributed by atoms with van der Waals surface area (Å²) >= 11 is 0. The Balaban J connectivity index is 1.76. The Morgan fingerprint density at radius 3 is 2.44 bits per heavy atom. The molecule has 2 unspecified atom stereocenters. The number of hydrogen-bond acceptors (Lipinski definition) is 3. The van der Waals surface area contributed by atoms with Crippen LogP contribution in [0.15, 0.2) is 0 Å². The molecule has 0 spiro atoms. The van der Waals surface area contributed by atoms with Crippen LogP contribution in [-0.4, -0.2) is 34.5 Å². The van der Waals surface area contributed by atoms with E-state index in [4.69, 9.17) is 10.5 Å². The first-order valence-corrected chi connectivity index (χ1v) is 7.86. The van der Waals surface area contributed by atoms with Gasteiger partial charge in [0.1, 0.15) is 0 Å². The zero-order chi connectivity index (χ0) is 11.4. The third kappa shape index (κ3) is 3.28. The van der Waals surface area contributed by atoms with Gasteiger partial charge < -0.3 is 10.5 Å². The molecular formula is C12H23NO2S. The lowest BCUT2D eigenvalue weighted by Crippen LogP contribution is -2.38. The fourth-order valence-electron chi connectivity index (χ4n) is 2.79. The largest absolute Gasteiger partial charge is 0.381 e. The molecule has 0 radical (unpaired) electrons. The van der Waals surface area contributed by atoms with E-state index in [0.29, 0.717) is 16.9 Å². The average molecular weight is 245 g/mol. The van der Waals surface area contributed by atoms with Crippen molar-refractivity contribution in [1.82, 2.24) is 0 Å². The van der Waals surface area contributed by atoms with Crippen LogP contribution in [0.1, 0.15) is 38.5 Å². The van der Waals surface area contributed by atoms with Crippen molar-refractivity contribution >= 4 is 10.8 Å². The van der Waals surface area contributed by atoms with Crippen LogP contribution >= 0.6 is 0 Å². The smallest absolute Gasteiger partial charge is 0.0477 e. The molecule has 0 aromatic carbocycles. The molecular weight excluding hydrogens is 222 g/mol. The molecule has 1 aliphatic carbocycles. The van der Waals surface area contributed by atoms with Crippen molar-refractivity contribution in [2.45, 2.75) is 49.8 Å².